The van der Waals surface area contributed by atoms with E-state index in [0.717, 1.165) is 0 Å². The molecule has 0 aliphatic carbocycles. The molecule has 0 atom stereocenters. The molecule has 0 aromatic heterocycles. The molecule has 12 heavy (non-hydrogen) atoms. The molecule has 0 saturated heterocycles. The minimum Gasteiger partial charge on any atom is -0.106 e. The number of rotatable bonds is 0. The van der Waals surface area contributed by atoms with Crippen LogP contribution in [0.1, 0.15) is 11.1 Å². The van der Waals surface area contributed by atoms with Gasteiger partial charge in [-0.15, -0.1) is 26.3 Å². The molecule has 0 nitrogen and oxygen atoms in total. The van der Waals surface area contributed by atoms with Gasteiger partial charge in [-0.25, -0.2) is 0 Å². The first-order chi connectivity index (χ1) is 5.79. The fourth-order valence-corrected chi connectivity index (χ4v) is 0.637. The van der Waals surface area contributed by atoms with Gasteiger partial charge in [0.25, 0.3) is 0 Å². The van der Waals surface area contributed by atoms with Crippen LogP contribution in [0.2, 0.25) is 0 Å². The van der Waals surface area contributed by atoms with Crippen molar-refractivity contribution in [2.24, 2.45) is 0 Å². The molecule has 0 amide bonds. The van der Waals surface area contributed by atoms with Gasteiger partial charge in [0.2, 0.25) is 0 Å². The van der Waals surface area contributed by atoms with E-state index in [-0.39, 0.29) is 0 Å². The summed E-state index contributed by atoms with van der Waals surface area (Å²) in [7, 11) is 0. The quantitative estimate of drug-likeness (QED) is 0.507. The van der Waals surface area contributed by atoms with E-state index in [0.29, 0.717) is 0 Å². The number of hydrogen-bond acceptors (Lipinski definition) is 0. The average Bonchev–Trinajstić information content (AvgIpc) is 2.17. The third-order valence-electron chi connectivity index (χ3n) is 1.22. The van der Waals surface area contributed by atoms with Crippen LogP contribution in [0, 0.1) is 13.8 Å². The van der Waals surface area contributed by atoms with Crippen LogP contribution in [0.15, 0.2) is 50.6 Å². The lowest BCUT2D eigenvalue weighted by Gasteiger charge is -1.90. The Balaban J connectivity index is 0. The highest BCUT2D eigenvalue weighted by Crippen LogP contribution is 1.99. The summed E-state index contributed by atoms with van der Waals surface area (Å²) in [4.78, 5) is 0. The van der Waals surface area contributed by atoms with Crippen LogP contribution in [0.4, 0.5) is 0 Å². The minimum absolute atomic E-state index is 1.33. The Kier molecular flexibility index (Phi) is 10.8. The standard InChI is InChI=1S/C8H10.2C2H4/c1-7-3-5-8(2)6-4-7;2*1-2/h3-6H,1-2H3;2*1-2H2. The Morgan fingerprint density at radius 1 is 0.667 bits per heavy atom. The van der Waals surface area contributed by atoms with E-state index in [1.54, 1.807) is 0 Å². The summed E-state index contributed by atoms with van der Waals surface area (Å²) >= 11 is 0. The second-order valence-corrected chi connectivity index (χ2v) is 2.15. The molecular weight excluding hydrogens is 144 g/mol. The maximum Gasteiger partial charge on any atom is -0.0398 e. The van der Waals surface area contributed by atoms with Crippen molar-refractivity contribution in [3.63, 3.8) is 0 Å². The van der Waals surface area contributed by atoms with Crippen LogP contribution in [0.5, 0.6) is 0 Å². The Bertz CT molecular complexity index is 161. The summed E-state index contributed by atoms with van der Waals surface area (Å²) in [6.45, 7) is 16.2. The SMILES string of the molecule is C=C.C=C.Cc1ccc(C)cc1. The van der Waals surface area contributed by atoms with Crippen molar-refractivity contribution in [1.29, 1.82) is 0 Å². The highest BCUT2D eigenvalue weighted by Gasteiger charge is 1.79. The second kappa shape index (κ2) is 9.70. The Labute approximate surface area is 76.3 Å². The summed E-state index contributed by atoms with van der Waals surface area (Å²) in [5, 5.41) is 0. The van der Waals surface area contributed by atoms with Gasteiger partial charge < -0.3 is 0 Å². The average molecular weight is 162 g/mol. The van der Waals surface area contributed by atoms with Crippen molar-refractivity contribution in [3.8, 4) is 0 Å². The van der Waals surface area contributed by atoms with Gasteiger partial charge in [-0.1, -0.05) is 35.4 Å². The Hall–Kier alpha value is -1.30. The number of hydrogen-bond donors (Lipinski definition) is 0. The van der Waals surface area contributed by atoms with E-state index in [2.05, 4.69) is 64.4 Å². The van der Waals surface area contributed by atoms with E-state index < -0.39 is 0 Å². The molecule has 0 aliphatic rings. The summed E-state index contributed by atoms with van der Waals surface area (Å²) < 4.78 is 0. The lowest BCUT2D eigenvalue weighted by atomic mass is 10.2. The van der Waals surface area contributed by atoms with Gasteiger partial charge in [0.05, 0.1) is 0 Å². The first-order valence-corrected chi connectivity index (χ1v) is 3.82. The normalized spacial score (nSPS) is 6.83. The Morgan fingerprint density at radius 3 is 1.00 bits per heavy atom. The first kappa shape index (κ1) is 13.3. The second-order valence-electron chi connectivity index (χ2n) is 2.15. The van der Waals surface area contributed by atoms with E-state index in [1.807, 2.05) is 0 Å². The molecule has 0 N–H and O–H groups in total. The molecule has 0 heterocycles. The molecule has 0 radical (unpaired) electrons. The molecule has 1 aromatic rings. The largest absolute Gasteiger partial charge is 0.106 e. The predicted molar refractivity (Wildman–Crippen MR) is 58.4 cm³/mol. The van der Waals surface area contributed by atoms with E-state index in [4.69, 9.17) is 0 Å². The van der Waals surface area contributed by atoms with Gasteiger partial charge in [0.1, 0.15) is 0 Å². The van der Waals surface area contributed by atoms with Crippen molar-refractivity contribution in [2.45, 2.75) is 13.8 Å². The summed E-state index contributed by atoms with van der Waals surface area (Å²) in [6, 6.07) is 8.48. The molecule has 66 valence electrons. The van der Waals surface area contributed by atoms with Gasteiger partial charge in [-0.05, 0) is 13.8 Å². The highest BCUT2D eigenvalue weighted by atomic mass is 13.9. The smallest absolute Gasteiger partial charge is 0.0398 e. The van der Waals surface area contributed by atoms with E-state index in [9.17, 15) is 0 Å². The monoisotopic (exact) mass is 162 g/mol. The molecule has 0 unspecified atom stereocenters. The maximum atomic E-state index is 3.00. The molecule has 0 fully saturated rings. The van der Waals surface area contributed by atoms with Crippen molar-refractivity contribution in [1.82, 2.24) is 0 Å². The van der Waals surface area contributed by atoms with Crippen LogP contribution in [0.25, 0.3) is 0 Å². The molecule has 0 bridgehead atoms. The van der Waals surface area contributed by atoms with Crippen LogP contribution in [0.3, 0.4) is 0 Å². The van der Waals surface area contributed by atoms with Crippen molar-refractivity contribution in [3.05, 3.63) is 61.7 Å². The summed E-state index contributed by atoms with van der Waals surface area (Å²) in [5.41, 5.74) is 2.66. The fraction of sp³-hybridized carbons (Fsp3) is 0.167. The zero-order chi connectivity index (χ0) is 9.98. The lowest BCUT2D eigenvalue weighted by molar-refractivity contribution is 1.40. The maximum absolute atomic E-state index is 3.00. The van der Waals surface area contributed by atoms with E-state index >= 15 is 0 Å². The topological polar surface area (TPSA) is 0 Å². The molecule has 0 saturated carbocycles. The number of benzene rings is 1. The highest BCUT2D eigenvalue weighted by molar-refractivity contribution is 5.19. The predicted octanol–water partition coefficient (Wildman–Crippen LogP) is 3.91. The molecule has 1 aromatic carbocycles. The van der Waals surface area contributed by atoms with Crippen LogP contribution in [-0.4, -0.2) is 0 Å². The number of aryl methyl sites for hydroxylation is 2. The molecular formula is C12H18. The Morgan fingerprint density at radius 2 is 0.833 bits per heavy atom. The molecule has 1 rings (SSSR count). The third kappa shape index (κ3) is 6.81. The first-order valence-electron chi connectivity index (χ1n) is 3.82. The van der Waals surface area contributed by atoms with Crippen molar-refractivity contribution in [2.75, 3.05) is 0 Å². The van der Waals surface area contributed by atoms with E-state index in [1.165, 1.54) is 11.1 Å². The summed E-state index contributed by atoms with van der Waals surface area (Å²) in [5.74, 6) is 0. The lowest BCUT2D eigenvalue weighted by Crippen LogP contribution is -1.70. The van der Waals surface area contributed by atoms with Crippen molar-refractivity contribution >= 4 is 0 Å². The van der Waals surface area contributed by atoms with Crippen molar-refractivity contribution < 1.29 is 0 Å². The molecule has 0 spiro atoms. The van der Waals surface area contributed by atoms with Gasteiger partial charge in [-0.2, -0.15) is 0 Å². The van der Waals surface area contributed by atoms with Gasteiger partial charge in [-0.3, -0.25) is 0 Å². The minimum atomic E-state index is 1.33. The fourth-order valence-electron chi connectivity index (χ4n) is 0.637. The third-order valence-corrected chi connectivity index (χ3v) is 1.22. The summed E-state index contributed by atoms with van der Waals surface area (Å²) in [6.07, 6.45) is 0. The van der Waals surface area contributed by atoms with Crippen LogP contribution >= 0.6 is 0 Å². The van der Waals surface area contributed by atoms with Gasteiger partial charge in [0, 0.05) is 0 Å². The molecule has 0 heteroatoms. The van der Waals surface area contributed by atoms with Gasteiger partial charge >= 0.3 is 0 Å². The zero-order valence-corrected chi connectivity index (χ0v) is 8.14. The van der Waals surface area contributed by atoms with Crippen LogP contribution < -0.4 is 0 Å². The zero-order valence-electron chi connectivity index (χ0n) is 8.14. The van der Waals surface area contributed by atoms with Crippen LogP contribution in [-0.2, 0) is 0 Å². The molecule has 0 aliphatic heterocycles. The van der Waals surface area contributed by atoms with Gasteiger partial charge in [0.15, 0.2) is 0 Å².